The highest BCUT2D eigenvalue weighted by Gasteiger charge is 2.30. The Morgan fingerprint density at radius 3 is 2.22 bits per heavy atom. The molecule has 4 nitrogen and oxygen atoms in total. The van der Waals surface area contributed by atoms with E-state index in [9.17, 15) is 9.90 Å². The normalized spacial score (nSPS) is 11.2. The van der Waals surface area contributed by atoms with Crippen molar-refractivity contribution in [2.24, 2.45) is 5.41 Å². The molecule has 0 bridgehead atoms. The third kappa shape index (κ3) is 2.96. The zero-order valence-corrected chi connectivity index (χ0v) is 12.5. The molecule has 0 amide bonds. The number of benzene rings is 1. The summed E-state index contributed by atoms with van der Waals surface area (Å²) in [5.41, 5.74) is -0.0773. The van der Waals surface area contributed by atoms with Crippen molar-refractivity contribution in [1.29, 1.82) is 0 Å². The van der Waals surface area contributed by atoms with Gasteiger partial charge in [-0.3, -0.25) is 4.79 Å². The molecule has 0 saturated heterocycles. The monoisotopic (exact) mass is 316 g/mol. The summed E-state index contributed by atoms with van der Waals surface area (Å²) in [7, 11) is 3.13. The van der Waals surface area contributed by atoms with Crippen LogP contribution in [0.15, 0.2) is 16.6 Å². The topological polar surface area (TPSA) is 55.8 Å². The molecule has 1 rings (SSSR count). The van der Waals surface area contributed by atoms with Gasteiger partial charge in [-0.1, -0.05) is 0 Å². The number of carboxylic acids is 1. The summed E-state index contributed by atoms with van der Waals surface area (Å²) < 4.78 is 11.2. The highest BCUT2D eigenvalue weighted by atomic mass is 79.9. The highest BCUT2D eigenvalue weighted by molar-refractivity contribution is 9.10. The SMILES string of the molecule is COc1ccc(OC)c(CC(C)(C)C(=O)O)c1Br. The molecule has 0 radical (unpaired) electrons. The van der Waals surface area contributed by atoms with Gasteiger partial charge in [-0.15, -0.1) is 0 Å². The minimum absolute atomic E-state index is 0.350. The Balaban J connectivity index is 3.25. The molecule has 0 atom stereocenters. The van der Waals surface area contributed by atoms with Gasteiger partial charge in [-0.25, -0.2) is 0 Å². The molecule has 0 unspecified atom stereocenters. The third-order valence-electron chi connectivity index (χ3n) is 2.80. The fraction of sp³-hybridized carbons (Fsp3) is 0.462. The van der Waals surface area contributed by atoms with E-state index in [4.69, 9.17) is 9.47 Å². The summed E-state index contributed by atoms with van der Waals surface area (Å²) in [6.07, 6.45) is 0.350. The number of rotatable bonds is 5. The second kappa shape index (κ2) is 5.61. The number of hydrogen-bond acceptors (Lipinski definition) is 3. The molecular weight excluding hydrogens is 300 g/mol. The predicted molar refractivity (Wildman–Crippen MR) is 72.4 cm³/mol. The van der Waals surface area contributed by atoms with Crippen molar-refractivity contribution in [1.82, 2.24) is 0 Å². The molecule has 0 spiro atoms. The number of aliphatic carboxylic acids is 1. The molecule has 5 heteroatoms. The summed E-state index contributed by atoms with van der Waals surface area (Å²) in [6.45, 7) is 3.36. The standard InChI is InChI=1S/C13H17BrO4/c1-13(2,12(15)16)7-8-9(17-3)5-6-10(18-4)11(8)14/h5-6H,7H2,1-4H3,(H,15,16). The number of carbonyl (C=O) groups is 1. The third-order valence-corrected chi connectivity index (χ3v) is 3.67. The molecule has 1 aromatic carbocycles. The van der Waals surface area contributed by atoms with Crippen LogP contribution in [0.3, 0.4) is 0 Å². The smallest absolute Gasteiger partial charge is 0.309 e. The van der Waals surface area contributed by atoms with Gasteiger partial charge in [0.05, 0.1) is 24.1 Å². The Bertz CT molecular complexity index is 455. The Morgan fingerprint density at radius 2 is 1.78 bits per heavy atom. The van der Waals surface area contributed by atoms with Gasteiger partial charge in [0.1, 0.15) is 11.5 Å². The largest absolute Gasteiger partial charge is 0.496 e. The maximum atomic E-state index is 11.2. The van der Waals surface area contributed by atoms with Crippen LogP contribution in [0.25, 0.3) is 0 Å². The first-order valence-electron chi connectivity index (χ1n) is 5.46. The lowest BCUT2D eigenvalue weighted by Gasteiger charge is -2.22. The number of carboxylic acid groups (broad SMARTS) is 1. The lowest BCUT2D eigenvalue weighted by Crippen LogP contribution is -2.26. The molecule has 0 aromatic heterocycles. The quantitative estimate of drug-likeness (QED) is 0.906. The first-order valence-corrected chi connectivity index (χ1v) is 6.25. The van der Waals surface area contributed by atoms with Gasteiger partial charge < -0.3 is 14.6 Å². The molecule has 0 aliphatic heterocycles. The van der Waals surface area contributed by atoms with E-state index in [1.54, 1.807) is 40.2 Å². The minimum Gasteiger partial charge on any atom is -0.496 e. The van der Waals surface area contributed by atoms with Crippen LogP contribution in [0.5, 0.6) is 11.5 Å². The average molecular weight is 317 g/mol. The van der Waals surface area contributed by atoms with Crippen molar-refractivity contribution < 1.29 is 19.4 Å². The number of halogens is 1. The Labute approximate surface area is 115 Å². The molecule has 1 N–H and O–H groups in total. The van der Waals surface area contributed by atoms with Crippen molar-refractivity contribution in [3.05, 3.63) is 22.2 Å². The van der Waals surface area contributed by atoms with E-state index in [1.807, 2.05) is 0 Å². The van der Waals surface area contributed by atoms with E-state index < -0.39 is 11.4 Å². The van der Waals surface area contributed by atoms with Gasteiger partial charge in [-0.2, -0.15) is 0 Å². The summed E-state index contributed by atoms with van der Waals surface area (Å²) >= 11 is 3.44. The molecular formula is C13H17BrO4. The van der Waals surface area contributed by atoms with Crippen LogP contribution in [0.1, 0.15) is 19.4 Å². The zero-order valence-electron chi connectivity index (χ0n) is 10.9. The van der Waals surface area contributed by atoms with Crippen molar-refractivity contribution in [3.63, 3.8) is 0 Å². The molecule has 100 valence electrons. The zero-order chi connectivity index (χ0) is 13.9. The molecule has 18 heavy (non-hydrogen) atoms. The fourth-order valence-corrected chi connectivity index (χ4v) is 2.24. The van der Waals surface area contributed by atoms with Gasteiger partial charge in [0.15, 0.2) is 0 Å². The van der Waals surface area contributed by atoms with Crippen LogP contribution in [0.2, 0.25) is 0 Å². The Kier molecular flexibility index (Phi) is 4.62. The second-order valence-electron chi connectivity index (χ2n) is 4.63. The lowest BCUT2D eigenvalue weighted by molar-refractivity contribution is -0.146. The van der Waals surface area contributed by atoms with Gasteiger partial charge in [-0.05, 0) is 48.3 Å². The van der Waals surface area contributed by atoms with Crippen molar-refractivity contribution >= 4 is 21.9 Å². The van der Waals surface area contributed by atoms with E-state index in [1.165, 1.54) is 0 Å². The van der Waals surface area contributed by atoms with Crippen LogP contribution >= 0.6 is 15.9 Å². The summed E-state index contributed by atoms with van der Waals surface area (Å²) in [6, 6.07) is 3.55. The highest BCUT2D eigenvalue weighted by Crippen LogP contribution is 2.38. The molecule has 1 aromatic rings. The van der Waals surface area contributed by atoms with Crippen molar-refractivity contribution in [2.75, 3.05) is 14.2 Å². The van der Waals surface area contributed by atoms with Crippen molar-refractivity contribution in [2.45, 2.75) is 20.3 Å². The maximum Gasteiger partial charge on any atom is 0.309 e. The van der Waals surface area contributed by atoms with Crippen molar-refractivity contribution in [3.8, 4) is 11.5 Å². The van der Waals surface area contributed by atoms with E-state index >= 15 is 0 Å². The van der Waals surface area contributed by atoms with Crippen LogP contribution in [-0.2, 0) is 11.2 Å². The average Bonchev–Trinajstić information content (AvgIpc) is 2.31. The predicted octanol–water partition coefficient (Wildman–Crippen LogP) is 3.12. The minimum atomic E-state index is -0.873. The van der Waals surface area contributed by atoms with E-state index in [0.717, 1.165) is 10.0 Å². The number of ether oxygens (including phenoxy) is 2. The Hall–Kier alpha value is -1.23. The number of methoxy groups -OCH3 is 2. The van der Waals surface area contributed by atoms with Gasteiger partial charge in [0.2, 0.25) is 0 Å². The second-order valence-corrected chi connectivity index (χ2v) is 5.42. The first kappa shape index (κ1) is 14.8. The molecule has 0 aliphatic rings. The molecule has 0 aliphatic carbocycles. The lowest BCUT2D eigenvalue weighted by atomic mass is 9.85. The van der Waals surface area contributed by atoms with Crippen LogP contribution < -0.4 is 9.47 Å². The molecule has 0 heterocycles. The molecule has 0 saturated carbocycles. The van der Waals surface area contributed by atoms with Gasteiger partial charge in [0, 0.05) is 5.56 Å². The summed E-state index contributed by atoms with van der Waals surface area (Å²) in [4.78, 5) is 11.2. The molecule has 0 fully saturated rings. The fourth-order valence-electron chi connectivity index (χ4n) is 1.61. The van der Waals surface area contributed by atoms with Gasteiger partial charge in [0.25, 0.3) is 0 Å². The summed E-state index contributed by atoms with van der Waals surface area (Å²) in [5.74, 6) is 0.461. The summed E-state index contributed by atoms with van der Waals surface area (Å²) in [5, 5.41) is 9.20. The van der Waals surface area contributed by atoms with E-state index in [2.05, 4.69) is 15.9 Å². The maximum absolute atomic E-state index is 11.2. The number of hydrogen-bond donors (Lipinski definition) is 1. The Morgan fingerprint density at radius 1 is 1.28 bits per heavy atom. The van der Waals surface area contributed by atoms with Crippen LogP contribution in [0, 0.1) is 5.41 Å². The van der Waals surface area contributed by atoms with E-state index in [0.29, 0.717) is 17.9 Å². The first-order chi connectivity index (χ1) is 8.33. The van der Waals surface area contributed by atoms with E-state index in [-0.39, 0.29) is 0 Å². The van der Waals surface area contributed by atoms with Crippen LogP contribution in [-0.4, -0.2) is 25.3 Å². The van der Waals surface area contributed by atoms with Crippen LogP contribution in [0.4, 0.5) is 0 Å². The van der Waals surface area contributed by atoms with Gasteiger partial charge >= 0.3 is 5.97 Å².